The minimum atomic E-state index is 0.426. The van der Waals surface area contributed by atoms with Gasteiger partial charge < -0.3 is 5.32 Å². The van der Waals surface area contributed by atoms with Crippen LogP contribution in [-0.2, 0) is 0 Å². The number of halogens is 1. The second-order valence-corrected chi connectivity index (χ2v) is 7.04. The second-order valence-electron chi connectivity index (χ2n) is 6.19. The highest BCUT2D eigenvalue weighted by Crippen LogP contribution is 2.40. The lowest BCUT2D eigenvalue weighted by molar-refractivity contribution is 0.270. The Hall–Kier alpha value is -1.12. The zero-order valence-electron chi connectivity index (χ0n) is 12.6. The van der Waals surface area contributed by atoms with Crippen molar-refractivity contribution >= 4 is 15.9 Å². The van der Waals surface area contributed by atoms with Gasteiger partial charge in [-0.15, -0.1) is 0 Å². The van der Waals surface area contributed by atoms with Gasteiger partial charge in [-0.3, -0.25) is 0 Å². The van der Waals surface area contributed by atoms with Crippen LogP contribution in [0.2, 0.25) is 0 Å². The number of rotatable bonds is 4. The Morgan fingerprint density at radius 1 is 1.10 bits per heavy atom. The first kappa shape index (κ1) is 14.8. The van der Waals surface area contributed by atoms with Crippen LogP contribution in [0.5, 0.6) is 0 Å². The highest BCUT2D eigenvalue weighted by molar-refractivity contribution is 9.10. The fourth-order valence-electron chi connectivity index (χ4n) is 3.20. The van der Waals surface area contributed by atoms with Crippen LogP contribution in [-0.4, -0.2) is 6.04 Å². The molecule has 2 heteroatoms. The largest absolute Gasteiger partial charge is 0.307 e. The summed E-state index contributed by atoms with van der Waals surface area (Å²) < 4.78 is 1.25. The van der Waals surface area contributed by atoms with Crippen molar-refractivity contribution in [3.05, 3.63) is 69.7 Å². The molecule has 0 aromatic heterocycles. The average Bonchev–Trinajstić information content (AvgIpc) is 2.43. The van der Waals surface area contributed by atoms with E-state index in [1.54, 1.807) is 0 Å². The van der Waals surface area contributed by atoms with Gasteiger partial charge in [0.25, 0.3) is 0 Å². The summed E-state index contributed by atoms with van der Waals surface area (Å²) in [6, 6.07) is 18.5. The molecule has 0 bridgehead atoms. The van der Waals surface area contributed by atoms with Crippen molar-refractivity contribution in [1.82, 2.24) is 5.32 Å². The van der Waals surface area contributed by atoms with Crippen molar-refractivity contribution < 1.29 is 0 Å². The lowest BCUT2D eigenvalue weighted by Crippen LogP contribution is -2.41. The Kier molecular flexibility index (Phi) is 4.46. The maximum Gasteiger partial charge on any atom is 0.0294 e. The third-order valence-corrected chi connectivity index (χ3v) is 5.23. The van der Waals surface area contributed by atoms with Crippen molar-refractivity contribution in [3.63, 3.8) is 0 Å². The van der Waals surface area contributed by atoms with E-state index in [1.165, 1.54) is 34.0 Å². The zero-order chi connectivity index (χ0) is 14.8. The highest BCUT2D eigenvalue weighted by atomic mass is 79.9. The van der Waals surface area contributed by atoms with Gasteiger partial charge in [-0.05, 0) is 49.8 Å². The normalized spacial score (nSPS) is 22.6. The van der Waals surface area contributed by atoms with Gasteiger partial charge in [-0.25, -0.2) is 0 Å². The molecule has 0 heterocycles. The second kappa shape index (κ2) is 6.33. The van der Waals surface area contributed by atoms with Crippen LogP contribution < -0.4 is 5.32 Å². The molecule has 110 valence electrons. The van der Waals surface area contributed by atoms with Crippen LogP contribution in [0.4, 0.5) is 0 Å². The van der Waals surface area contributed by atoms with E-state index >= 15 is 0 Å². The molecular weight excluding hydrogens is 322 g/mol. The molecule has 21 heavy (non-hydrogen) atoms. The third kappa shape index (κ3) is 3.38. The molecule has 1 atom stereocenters. The summed E-state index contributed by atoms with van der Waals surface area (Å²) in [6.07, 6.45) is 2.47. The van der Waals surface area contributed by atoms with E-state index in [-0.39, 0.29) is 0 Å². The van der Waals surface area contributed by atoms with Crippen LogP contribution in [0.25, 0.3) is 0 Å². The van der Waals surface area contributed by atoms with Crippen LogP contribution >= 0.6 is 15.9 Å². The predicted molar refractivity (Wildman–Crippen MR) is 92.6 cm³/mol. The first-order valence-electron chi connectivity index (χ1n) is 7.70. The van der Waals surface area contributed by atoms with E-state index in [0.29, 0.717) is 18.0 Å². The Morgan fingerprint density at radius 2 is 1.86 bits per heavy atom. The Morgan fingerprint density at radius 3 is 2.57 bits per heavy atom. The summed E-state index contributed by atoms with van der Waals surface area (Å²) in [4.78, 5) is 0. The molecule has 2 aromatic rings. The van der Waals surface area contributed by atoms with Crippen molar-refractivity contribution in [2.75, 3.05) is 0 Å². The topological polar surface area (TPSA) is 12.0 Å². The molecule has 1 aliphatic carbocycles. The zero-order valence-corrected chi connectivity index (χ0v) is 14.2. The molecule has 0 radical (unpaired) electrons. The molecule has 0 saturated heterocycles. The smallest absolute Gasteiger partial charge is 0.0294 e. The minimum absolute atomic E-state index is 0.426. The van der Waals surface area contributed by atoms with Gasteiger partial charge in [0.15, 0.2) is 0 Å². The van der Waals surface area contributed by atoms with Crippen LogP contribution in [0.3, 0.4) is 0 Å². The summed E-state index contributed by atoms with van der Waals surface area (Å²) in [6.45, 7) is 4.42. The van der Waals surface area contributed by atoms with E-state index in [1.807, 2.05) is 0 Å². The van der Waals surface area contributed by atoms with Gasteiger partial charge in [0.05, 0.1) is 0 Å². The summed E-state index contributed by atoms with van der Waals surface area (Å²) in [5.41, 5.74) is 4.18. The quantitative estimate of drug-likeness (QED) is 0.788. The molecule has 1 N–H and O–H groups in total. The Balaban J connectivity index is 1.56. The van der Waals surface area contributed by atoms with Crippen LogP contribution in [0, 0.1) is 6.92 Å². The van der Waals surface area contributed by atoms with Gasteiger partial charge in [0.2, 0.25) is 0 Å². The standard InChI is InChI=1S/C19H22BrN/c1-13-6-5-7-15(10-13)14(2)21-17-11-16(12-17)18-8-3-4-9-19(18)20/h3-10,14,16-17,21H,11-12H2,1-2H3/t14-,16?,17?/m0/s1. The van der Waals surface area contributed by atoms with Crippen LogP contribution in [0.15, 0.2) is 53.0 Å². The lowest BCUT2D eigenvalue weighted by atomic mass is 9.75. The maximum absolute atomic E-state index is 3.76. The first-order chi connectivity index (χ1) is 10.1. The van der Waals surface area contributed by atoms with E-state index < -0.39 is 0 Å². The Bertz CT molecular complexity index is 616. The lowest BCUT2D eigenvalue weighted by Gasteiger charge is -2.38. The van der Waals surface area contributed by atoms with Crippen molar-refractivity contribution in [1.29, 1.82) is 0 Å². The van der Waals surface area contributed by atoms with Gasteiger partial charge in [0.1, 0.15) is 0 Å². The SMILES string of the molecule is Cc1cccc([C@H](C)NC2CC(c3ccccc3Br)C2)c1. The summed E-state index contributed by atoms with van der Waals surface area (Å²) >= 11 is 3.67. The van der Waals surface area contributed by atoms with Gasteiger partial charge in [-0.1, -0.05) is 64.0 Å². The van der Waals surface area contributed by atoms with E-state index in [2.05, 4.69) is 83.6 Å². The van der Waals surface area contributed by atoms with Crippen molar-refractivity contribution in [3.8, 4) is 0 Å². The Labute approximate surface area is 135 Å². The van der Waals surface area contributed by atoms with E-state index in [9.17, 15) is 0 Å². The molecule has 3 rings (SSSR count). The molecule has 0 unspecified atom stereocenters. The number of benzene rings is 2. The molecule has 0 spiro atoms. The molecular formula is C19H22BrN. The first-order valence-corrected chi connectivity index (χ1v) is 8.50. The minimum Gasteiger partial charge on any atom is -0.307 e. The highest BCUT2D eigenvalue weighted by Gasteiger charge is 2.32. The van der Waals surface area contributed by atoms with Crippen LogP contribution in [0.1, 0.15) is 48.4 Å². The maximum atomic E-state index is 3.76. The molecule has 1 nitrogen and oxygen atoms in total. The van der Waals surface area contributed by atoms with E-state index in [0.717, 1.165) is 0 Å². The average molecular weight is 344 g/mol. The summed E-state index contributed by atoms with van der Waals surface area (Å²) in [5.74, 6) is 0.697. The van der Waals surface area contributed by atoms with E-state index in [4.69, 9.17) is 0 Å². The predicted octanol–water partition coefficient (Wildman–Crippen LogP) is 5.35. The summed E-state index contributed by atoms with van der Waals surface area (Å²) in [5, 5.41) is 3.76. The number of hydrogen-bond donors (Lipinski definition) is 1. The number of nitrogens with one attached hydrogen (secondary N) is 1. The van der Waals surface area contributed by atoms with Crippen molar-refractivity contribution in [2.24, 2.45) is 0 Å². The molecule has 1 saturated carbocycles. The van der Waals surface area contributed by atoms with Crippen molar-refractivity contribution in [2.45, 2.75) is 44.7 Å². The fourth-order valence-corrected chi connectivity index (χ4v) is 3.81. The molecule has 2 aromatic carbocycles. The van der Waals surface area contributed by atoms with Gasteiger partial charge in [0, 0.05) is 16.6 Å². The molecule has 0 aliphatic heterocycles. The third-order valence-electron chi connectivity index (χ3n) is 4.51. The fraction of sp³-hybridized carbons (Fsp3) is 0.368. The van der Waals surface area contributed by atoms with Gasteiger partial charge in [-0.2, -0.15) is 0 Å². The number of hydrogen-bond acceptors (Lipinski definition) is 1. The molecule has 1 fully saturated rings. The molecule has 0 amide bonds. The molecule has 1 aliphatic rings. The monoisotopic (exact) mass is 343 g/mol. The van der Waals surface area contributed by atoms with Gasteiger partial charge >= 0.3 is 0 Å². The summed E-state index contributed by atoms with van der Waals surface area (Å²) in [7, 11) is 0. The number of aryl methyl sites for hydroxylation is 1.